The number of carbonyl (C=O) groups is 3. The van der Waals surface area contributed by atoms with Gasteiger partial charge in [-0.2, -0.15) is 0 Å². The minimum absolute atomic E-state index is 0.203. The van der Waals surface area contributed by atoms with E-state index in [2.05, 4.69) is 0 Å². The van der Waals surface area contributed by atoms with Crippen molar-refractivity contribution in [2.75, 3.05) is 26.2 Å². The lowest BCUT2D eigenvalue weighted by molar-refractivity contribution is 0.0664. The van der Waals surface area contributed by atoms with E-state index in [1.807, 2.05) is 59.5 Å². The van der Waals surface area contributed by atoms with E-state index in [0.29, 0.717) is 39.5 Å². The van der Waals surface area contributed by atoms with Gasteiger partial charge in [0, 0.05) is 33.9 Å². The van der Waals surface area contributed by atoms with Crippen LogP contribution in [0, 0.1) is 5.41 Å². The molecule has 3 atom stereocenters. The van der Waals surface area contributed by atoms with Crippen LogP contribution in [-0.4, -0.2) is 50.8 Å². The van der Waals surface area contributed by atoms with Crippen molar-refractivity contribution in [2.24, 2.45) is 5.41 Å². The molecule has 1 spiro atoms. The third-order valence-corrected chi connectivity index (χ3v) is 9.11. The van der Waals surface area contributed by atoms with Gasteiger partial charge in [-0.15, -0.1) is 0 Å². The topological polar surface area (TPSA) is 82.1 Å². The van der Waals surface area contributed by atoms with Crippen LogP contribution in [-0.2, 0) is 0 Å². The van der Waals surface area contributed by atoms with Crippen molar-refractivity contribution >= 4 is 29.1 Å². The van der Waals surface area contributed by atoms with Crippen molar-refractivity contribution in [2.45, 2.75) is 18.0 Å². The molecule has 7 rings (SSSR count). The summed E-state index contributed by atoms with van der Waals surface area (Å²) in [6, 6.07) is 25.5. The van der Waals surface area contributed by atoms with Crippen molar-refractivity contribution in [3.63, 3.8) is 0 Å². The highest BCUT2D eigenvalue weighted by atomic mass is 16.5. The van der Waals surface area contributed by atoms with E-state index in [-0.39, 0.29) is 17.3 Å². The molecule has 0 unspecified atom stereocenters. The van der Waals surface area contributed by atoms with Crippen LogP contribution in [0.1, 0.15) is 48.1 Å². The maximum Gasteiger partial charge on any atom is 0.203 e. The van der Waals surface area contributed by atoms with E-state index in [1.165, 1.54) is 21.3 Å². The molecule has 7 nitrogen and oxygen atoms in total. The third kappa shape index (κ3) is 3.51. The van der Waals surface area contributed by atoms with Gasteiger partial charge in [-0.1, -0.05) is 91.0 Å². The molecular weight excluding hydrogens is 542 g/mol. The Labute approximate surface area is 249 Å². The number of Topliss-reactive ketones (excluding diaryl/α,β-unsaturated/α-hetero) is 3. The second-order valence-corrected chi connectivity index (χ2v) is 10.9. The first-order valence-corrected chi connectivity index (χ1v) is 14.1. The molecule has 0 N–H and O–H groups in total. The fourth-order valence-electron chi connectivity index (χ4n) is 7.40. The minimum Gasteiger partial charge on any atom is -0.493 e. The number of rotatable bonds is 6. The number of benzene rings is 4. The molecule has 0 radical (unpaired) electrons. The maximum atomic E-state index is 14.9. The smallest absolute Gasteiger partial charge is 0.203 e. The van der Waals surface area contributed by atoms with Gasteiger partial charge in [0.15, 0.2) is 28.8 Å². The van der Waals surface area contributed by atoms with Gasteiger partial charge in [0.05, 0.1) is 27.4 Å². The van der Waals surface area contributed by atoms with Crippen LogP contribution < -0.4 is 19.1 Å². The van der Waals surface area contributed by atoms with Gasteiger partial charge in [0.2, 0.25) is 5.75 Å². The Bertz CT molecular complexity index is 1790. The Kier molecular flexibility index (Phi) is 6.20. The first-order valence-electron chi connectivity index (χ1n) is 14.1. The summed E-state index contributed by atoms with van der Waals surface area (Å²) in [5, 5.41) is 0. The quantitative estimate of drug-likeness (QED) is 0.207. The third-order valence-electron chi connectivity index (χ3n) is 9.11. The second kappa shape index (κ2) is 9.98. The second-order valence-electron chi connectivity index (χ2n) is 10.9. The van der Waals surface area contributed by atoms with Gasteiger partial charge in [-0.3, -0.25) is 14.4 Å². The molecule has 1 fully saturated rings. The Morgan fingerprint density at radius 3 is 2.00 bits per heavy atom. The number of hydrogen-bond donors (Lipinski definition) is 0. The Balaban J connectivity index is 1.59. The molecule has 1 saturated heterocycles. The fraction of sp³-hybridized carbons (Fsp3) is 0.194. The van der Waals surface area contributed by atoms with E-state index in [4.69, 9.17) is 14.2 Å². The summed E-state index contributed by atoms with van der Waals surface area (Å²) >= 11 is 0. The molecule has 4 aromatic rings. The Morgan fingerprint density at radius 1 is 0.721 bits per heavy atom. The summed E-state index contributed by atoms with van der Waals surface area (Å²) in [7, 11) is 4.54. The zero-order chi connectivity index (χ0) is 29.9. The lowest BCUT2D eigenvalue weighted by Crippen LogP contribution is -2.48. The molecular formula is C36H29NO6. The van der Waals surface area contributed by atoms with E-state index in [1.54, 1.807) is 48.5 Å². The summed E-state index contributed by atoms with van der Waals surface area (Å²) in [6.07, 6.45) is 3.85. The number of ketones is 3. The van der Waals surface area contributed by atoms with Crippen molar-refractivity contribution in [3.8, 4) is 17.2 Å². The molecule has 2 heterocycles. The number of anilines is 1. The summed E-state index contributed by atoms with van der Waals surface area (Å²) in [5.74, 6) is -0.703. The van der Waals surface area contributed by atoms with Crippen LogP contribution in [0.3, 0.4) is 0 Å². The standard InChI is InChI=1S/C36H29NO6/c1-41-27-19-18-25(32(42-2)33(27)43-3)29-30(31(38)22-12-5-4-6-13-22)37-26-16-10-7-11-21(26)17-20-28(37)36(29)34(39)23-14-8-9-15-24(23)35(36)40/h4-20,28-30H,1-3H3/t28-,29+,30-/m1/s1. The number of hydrogen-bond acceptors (Lipinski definition) is 7. The highest BCUT2D eigenvalue weighted by Crippen LogP contribution is 2.63. The molecule has 214 valence electrons. The molecule has 4 aromatic carbocycles. The van der Waals surface area contributed by atoms with Crippen LogP contribution in [0.4, 0.5) is 5.69 Å². The van der Waals surface area contributed by atoms with Crippen LogP contribution in [0.25, 0.3) is 6.08 Å². The van der Waals surface area contributed by atoms with Gasteiger partial charge >= 0.3 is 0 Å². The zero-order valence-corrected chi connectivity index (χ0v) is 23.9. The van der Waals surface area contributed by atoms with Crippen LogP contribution in [0.15, 0.2) is 97.1 Å². The summed E-state index contributed by atoms with van der Waals surface area (Å²) in [5.41, 5.74) is 1.74. The number of ether oxygens (including phenoxy) is 3. The SMILES string of the molecule is COc1ccc([C@H]2[C@H](C(=O)c3ccccc3)N3c4ccccc4C=C[C@@H]3C23C(=O)c2ccccc2C3=O)c(OC)c1OC. The van der Waals surface area contributed by atoms with Crippen molar-refractivity contribution in [1.82, 2.24) is 0 Å². The molecule has 0 saturated carbocycles. The average Bonchev–Trinajstić information content (AvgIpc) is 3.49. The Morgan fingerprint density at radius 2 is 1.35 bits per heavy atom. The summed E-state index contributed by atoms with van der Waals surface area (Å²) < 4.78 is 17.3. The predicted molar refractivity (Wildman–Crippen MR) is 163 cm³/mol. The molecule has 0 bridgehead atoms. The van der Waals surface area contributed by atoms with Gasteiger partial charge in [0.25, 0.3) is 0 Å². The van der Waals surface area contributed by atoms with Gasteiger partial charge in [-0.05, 0) is 17.7 Å². The first-order chi connectivity index (χ1) is 21.0. The predicted octanol–water partition coefficient (Wildman–Crippen LogP) is 6.03. The van der Waals surface area contributed by atoms with E-state index in [0.717, 1.165) is 11.3 Å². The van der Waals surface area contributed by atoms with E-state index < -0.39 is 23.4 Å². The summed E-state index contributed by atoms with van der Waals surface area (Å²) in [6.45, 7) is 0. The van der Waals surface area contributed by atoms with Crippen LogP contribution in [0.2, 0.25) is 0 Å². The molecule has 0 aromatic heterocycles. The molecule has 7 heteroatoms. The molecule has 1 aliphatic carbocycles. The zero-order valence-electron chi connectivity index (χ0n) is 23.9. The van der Waals surface area contributed by atoms with Crippen LogP contribution >= 0.6 is 0 Å². The fourth-order valence-corrected chi connectivity index (χ4v) is 7.40. The van der Waals surface area contributed by atoms with Gasteiger partial charge in [0.1, 0.15) is 11.5 Å². The number of fused-ring (bicyclic) bond motifs is 5. The number of methoxy groups -OCH3 is 3. The van der Waals surface area contributed by atoms with Crippen LogP contribution in [0.5, 0.6) is 17.2 Å². The average molecular weight is 572 g/mol. The molecule has 0 amide bonds. The van der Waals surface area contributed by atoms with Crippen molar-refractivity contribution < 1.29 is 28.6 Å². The number of para-hydroxylation sites is 1. The number of carbonyl (C=O) groups excluding carboxylic acids is 3. The van der Waals surface area contributed by atoms with Gasteiger partial charge in [-0.25, -0.2) is 0 Å². The largest absolute Gasteiger partial charge is 0.493 e. The van der Waals surface area contributed by atoms with Crippen molar-refractivity contribution in [3.05, 3.63) is 125 Å². The van der Waals surface area contributed by atoms with E-state index in [9.17, 15) is 14.4 Å². The lowest BCUT2D eigenvalue weighted by Gasteiger charge is -2.37. The lowest BCUT2D eigenvalue weighted by atomic mass is 9.64. The van der Waals surface area contributed by atoms with E-state index >= 15 is 0 Å². The minimum atomic E-state index is -1.66. The van der Waals surface area contributed by atoms with Gasteiger partial charge < -0.3 is 19.1 Å². The molecule has 3 aliphatic rings. The first kappa shape index (κ1) is 26.7. The molecule has 43 heavy (non-hydrogen) atoms. The normalized spacial score (nSPS) is 20.9. The molecule has 2 aliphatic heterocycles. The number of nitrogens with zero attached hydrogens (tertiary/aromatic N) is 1. The highest BCUT2D eigenvalue weighted by Gasteiger charge is 2.72. The Hall–Kier alpha value is -5.17. The van der Waals surface area contributed by atoms with Crippen molar-refractivity contribution in [1.29, 1.82) is 0 Å². The maximum absolute atomic E-state index is 14.9. The monoisotopic (exact) mass is 571 g/mol. The highest BCUT2D eigenvalue weighted by molar-refractivity contribution is 6.32. The summed E-state index contributed by atoms with van der Waals surface area (Å²) in [4.78, 5) is 46.5.